The number of hydrogen-bond donors (Lipinski definition) is 0. The van der Waals surface area contributed by atoms with Gasteiger partial charge in [-0.3, -0.25) is 9.98 Å². The molecule has 0 saturated heterocycles. The van der Waals surface area contributed by atoms with Crippen molar-refractivity contribution in [1.29, 1.82) is 0 Å². The minimum atomic E-state index is 0. The molecule has 0 spiro atoms. The third-order valence-corrected chi connectivity index (χ3v) is 9.71. The summed E-state index contributed by atoms with van der Waals surface area (Å²) < 4.78 is 0. The van der Waals surface area contributed by atoms with Crippen LogP contribution in [0.4, 0.5) is 11.4 Å². The van der Waals surface area contributed by atoms with E-state index >= 15 is 0 Å². The standard InChI is InChI=1S/C45H66N2.2C2H5.Ni/c1-8-12-15-17-19-22-29-40-34-42(32-36(6)45(40)38-27-23-21-24-28-38)47-44(11-4)37(7)46-41-31-35(5)43(39(33-41)26-14-10-3)30-25-20-18-16-13-9-2;2*1-2;/h21,23-24,27-28,31-34H,8-20,22,25-26,29-30H2,1-7H3;2*1H2,2H3;/q;2*-1;+2. The number of hydrogen-bond acceptors (Lipinski definition) is 2. The monoisotopic (exact) mass is 751 g/mol. The Bertz CT molecular complexity index is 1400. The molecule has 0 aliphatic rings. The van der Waals surface area contributed by atoms with Gasteiger partial charge in [0.05, 0.1) is 22.8 Å². The molecule has 3 aromatic rings. The van der Waals surface area contributed by atoms with E-state index in [9.17, 15) is 0 Å². The van der Waals surface area contributed by atoms with Crippen molar-refractivity contribution in [3.05, 3.63) is 96.3 Å². The third-order valence-electron chi connectivity index (χ3n) is 9.71. The average molecular weight is 752 g/mol. The second kappa shape index (κ2) is 30.9. The van der Waals surface area contributed by atoms with Crippen molar-refractivity contribution in [2.75, 3.05) is 0 Å². The van der Waals surface area contributed by atoms with Crippen molar-refractivity contribution in [1.82, 2.24) is 0 Å². The summed E-state index contributed by atoms with van der Waals surface area (Å²) in [5.74, 6) is 0. The van der Waals surface area contributed by atoms with Crippen molar-refractivity contribution in [2.45, 2.75) is 178 Å². The zero-order valence-corrected chi connectivity index (χ0v) is 36.0. The van der Waals surface area contributed by atoms with Gasteiger partial charge in [-0.15, -0.1) is 0 Å². The molecule has 52 heavy (non-hydrogen) atoms. The van der Waals surface area contributed by atoms with Crippen molar-refractivity contribution in [3.63, 3.8) is 0 Å². The SMILES string of the molecule is CCCCCCCCc1cc(N=C(CC)C(C)=Nc2cc(C)c(CCCCCCCC)c(CCCC)c2)cc(C)c1-c1ccccc1.[CH2-]C.[CH2-]C.[Ni+2]. The zero-order valence-electron chi connectivity index (χ0n) is 35.0. The van der Waals surface area contributed by atoms with Crippen LogP contribution in [0.2, 0.25) is 0 Å². The van der Waals surface area contributed by atoms with Crippen LogP contribution >= 0.6 is 0 Å². The first kappa shape index (κ1) is 49.5. The minimum absolute atomic E-state index is 0. The summed E-state index contributed by atoms with van der Waals surface area (Å²) in [7, 11) is 0. The molecule has 0 fully saturated rings. The van der Waals surface area contributed by atoms with E-state index in [1.807, 2.05) is 0 Å². The number of benzene rings is 3. The number of rotatable bonds is 22. The van der Waals surface area contributed by atoms with Crippen molar-refractivity contribution < 1.29 is 16.5 Å². The maximum absolute atomic E-state index is 5.27. The van der Waals surface area contributed by atoms with E-state index in [0.717, 1.165) is 42.1 Å². The fraction of sp³-hybridized carbons (Fsp3) is 0.551. The summed E-state index contributed by atoms with van der Waals surface area (Å²) in [6.45, 7) is 25.8. The van der Waals surface area contributed by atoms with Gasteiger partial charge in [-0.1, -0.05) is 129 Å². The molecule has 0 aliphatic heterocycles. The first-order valence-electron chi connectivity index (χ1n) is 20.8. The molecule has 0 bridgehead atoms. The van der Waals surface area contributed by atoms with E-state index in [-0.39, 0.29) is 16.5 Å². The van der Waals surface area contributed by atoms with Gasteiger partial charge in [0, 0.05) is 0 Å². The fourth-order valence-electron chi connectivity index (χ4n) is 7.01. The Morgan fingerprint density at radius 1 is 0.538 bits per heavy atom. The Labute approximate surface area is 333 Å². The Morgan fingerprint density at radius 2 is 1.02 bits per heavy atom. The van der Waals surface area contributed by atoms with Crippen LogP contribution in [0.1, 0.15) is 173 Å². The molecule has 3 heteroatoms. The van der Waals surface area contributed by atoms with Gasteiger partial charge < -0.3 is 13.8 Å². The molecule has 0 heterocycles. The fourth-order valence-corrected chi connectivity index (χ4v) is 7.01. The van der Waals surface area contributed by atoms with Crippen molar-refractivity contribution >= 4 is 22.8 Å². The molecular formula is C49H76N2Ni. The normalized spacial score (nSPS) is 11.3. The van der Waals surface area contributed by atoms with E-state index < -0.39 is 0 Å². The van der Waals surface area contributed by atoms with Crippen LogP contribution in [0.3, 0.4) is 0 Å². The number of nitrogens with zero attached hydrogens (tertiary/aromatic N) is 2. The minimum Gasteiger partial charge on any atom is -0.346 e. The van der Waals surface area contributed by atoms with Crippen LogP contribution in [0, 0.1) is 27.7 Å². The quantitative estimate of drug-likeness (QED) is 0.0423. The van der Waals surface area contributed by atoms with Gasteiger partial charge in [-0.05, 0) is 129 Å². The Morgan fingerprint density at radius 3 is 1.60 bits per heavy atom. The van der Waals surface area contributed by atoms with E-state index in [1.165, 1.54) is 130 Å². The van der Waals surface area contributed by atoms with Crippen LogP contribution in [0.5, 0.6) is 0 Å². The summed E-state index contributed by atoms with van der Waals surface area (Å²) in [4.78, 5) is 10.5. The van der Waals surface area contributed by atoms with E-state index in [2.05, 4.69) is 117 Å². The topological polar surface area (TPSA) is 24.7 Å². The summed E-state index contributed by atoms with van der Waals surface area (Å²) >= 11 is 0. The maximum atomic E-state index is 5.27. The number of unbranched alkanes of at least 4 members (excludes halogenated alkanes) is 11. The van der Waals surface area contributed by atoms with Crippen LogP contribution < -0.4 is 0 Å². The van der Waals surface area contributed by atoms with Gasteiger partial charge in [0.2, 0.25) is 0 Å². The number of aliphatic imine (C=N–C) groups is 2. The molecule has 0 aromatic heterocycles. The molecule has 0 aliphatic carbocycles. The van der Waals surface area contributed by atoms with Crippen LogP contribution in [-0.2, 0) is 35.8 Å². The predicted molar refractivity (Wildman–Crippen MR) is 233 cm³/mol. The molecule has 0 unspecified atom stereocenters. The van der Waals surface area contributed by atoms with E-state index in [0.29, 0.717) is 0 Å². The van der Waals surface area contributed by atoms with E-state index in [1.54, 1.807) is 19.4 Å². The molecule has 0 atom stereocenters. The molecule has 2 nitrogen and oxygen atoms in total. The van der Waals surface area contributed by atoms with Gasteiger partial charge in [-0.2, -0.15) is 13.8 Å². The van der Waals surface area contributed by atoms with Gasteiger partial charge in [0.1, 0.15) is 0 Å². The second-order valence-corrected chi connectivity index (χ2v) is 13.8. The molecule has 292 valence electrons. The van der Waals surface area contributed by atoms with Crippen LogP contribution in [0.25, 0.3) is 11.1 Å². The Hall–Kier alpha value is -2.51. The largest absolute Gasteiger partial charge is 2.00 e. The molecular weight excluding hydrogens is 675 g/mol. The Balaban J connectivity index is 0.00000502. The molecule has 0 saturated carbocycles. The third kappa shape index (κ3) is 18.0. The second-order valence-electron chi connectivity index (χ2n) is 13.8. The average Bonchev–Trinajstić information content (AvgIpc) is 3.15. The molecule has 0 N–H and O–H groups in total. The van der Waals surface area contributed by atoms with Gasteiger partial charge in [0.25, 0.3) is 0 Å². The molecule has 3 aromatic carbocycles. The van der Waals surface area contributed by atoms with Crippen LogP contribution in [0.15, 0.2) is 64.6 Å². The first-order valence-corrected chi connectivity index (χ1v) is 20.8. The summed E-state index contributed by atoms with van der Waals surface area (Å²) in [5, 5.41) is 0. The maximum Gasteiger partial charge on any atom is 2.00 e. The Kier molecular flexibility index (Phi) is 29.4. The summed E-state index contributed by atoms with van der Waals surface area (Å²) in [5.41, 5.74) is 14.2. The van der Waals surface area contributed by atoms with Crippen LogP contribution in [-0.4, -0.2) is 11.4 Å². The predicted octanol–water partition coefficient (Wildman–Crippen LogP) is 16.1. The van der Waals surface area contributed by atoms with E-state index in [4.69, 9.17) is 9.98 Å². The van der Waals surface area contributed by atoms with Gasteiger partial charge in [0.15, 0.2) is 0 Å². The summed E-state index contributed by atoms with van der Waals surface area (Å²) in [6, 6.07) is 20.2. The molecule has 0 amide bonds. The first-order chi connectivity index (χ1) is 24.9. The summed E-state index contributed by atoms with van der Waals surface area (Å²) in [6.07, 6.45) is 22.7. The zero-order chi connectivity index (χ0) is 37.9. The van der Waals surface area contributed by atoms with Gasteiger partial charge >= 0.3 is 16.5 Å². The smallest absolute Gasteiger partial charge is 0.346 e. The molecule has 3 rings (SSSR count). The molecule has 0 radical (unpaired) electrons. The van der Waals surface area contributed by atoms with Crippen molar-refractivity contribution in [2.24, 2.45) is 9.98 Å². The van der Waals surface area contributed by atoms with Gasteiger partial charge in [-0.25, -0.2) is 0 Å². The number of aryl methyl sites for hydroxylation is 4. The van der Waals surface area contributed by atoms with Crippen molar-refractivity contribution in [3.8, 4) is 11.1 Å².